The summed E-state index contributed by atoms with van der Waals surface area (Å²) in [6.07, 6.45) is 0.620. The Morgan fingerprint density at radius 1 is 1.35 bits per heavy atom. The fourth-order valence-corrected chi connectivity index (χ4v) is 4.83. The molecule has 2 heterocycles. The van der Waals surface area contributed by atoms with Crippen LogP contribution < -0.4 is 5.73 Å². The Morgan fingerprint density at radius 2 is 1.96 bits per heavy atom. The van der Waals surface area contributed by atoms with E-state index < -0.39 is 20.5 Å². The second kappa shape index (κ2) is 6.96. The van der Waals surface area contributed by atoms with Gasteiger partial charge >= 0.3 is 0 Å². The van der Waals surface area contributed by atoms with Gasteiger partial charge in [-0.2, -0.15) is 5.10 Å². The molecule has 2 unspecified atom stereocenters. The Kier molecular flexibility index (Phi) is 5.59. The molecule has 8 heteroatoms. The molecule has 2 N–H and O–H groups in total. The number of hydrogen-bond acceptors (Lipinski definition) is 5. The average molecular weight is 386 g/mol. The van der Waals surface area contributed by atoms with Crippen molar-refractivity contribution in [3.8, 4) is 0 Å². The third kappa shape index (κ3) is 3.96. The van der Waals surface area contributed by atoms with Gasteiger partial charge in [-0.15, -0.1) is 0 Å². The summed E-state index contributed by atoms with van der Waals surface area (Å²) in [6.45, 7) is 9.98. The maximum Gasteiger partial charge on any atom is 0.238 e. The Bertz CT molecular complexity index is 775. The summed E-state index contributed by atoms with van der Waals surface area (Å²) in [7, 11) is -1.82. The maximum atomic E-state index is 12.8. The Morgan fingerprint density at radius 3 is 2.46 bits per heavy atom. The van der Waals surface area contributed by atoms with Gasteiger partial charge in [-0.1, -0.05) is 20.8 Å². The monoisotopic (exact) mass is 385 g/mol. The predicted molar refractivity (Wildman–Crippen MR) is 101 cm³/mol. The number of aromatic nitrogens is 2. The molecule has 0 saturated carbocycles. The van der Waals surface area contributed by atoms with E-state index in [1.54, 1.807) is 0 Å². The minimum Gasteiger partial charge on any atom is -0.381 e. The van der Waals surface area contributed by atoms with Gasteiger partial charge in [-0.25, -0.2) is 8.42 Å². The van der Waals surface area contributed by atoms with E-state index in [1.165, 1.54) is 13.8 Å². The lowest BCUT2D eigenvalue weighted by Gasteiger charge is -2.33. The number of aryl methyl sites for hydroxylation is 1. The predicted octanol–water partition coefficient (Wildman–Crippen LogP) is 1.52. The highest BCUT2D eigenvalue weighted by molar-refractivity contribution is 7.93. The number of sulfone groups is 1. The minimum atomic E-state index is -3.69. The van der Waals surface area contributed by atoms with Gasteiger partial charge in [0.2, 0.25) is 5.91 Å². The molecular formula is C18H31N3O4S. The van der Waals surface area contributed by atoms with Gasteiger partial charge in [0.25, 0.3) is 0 Å². The Hall–Kier alpha value is -1.41. The number of nitrogens with zero attached hydrogens (tertiary/aromatic N) is 2. The molecule has 7 nitrogen and oxygen atoms in total. The first-order chi connectivity index (χ1) is 11.8. The summed E-state index contributed by atoms with van der Waals surface area (Å²) in [6, 6.07) is 2.04. The highest BCUT2D eigenvalue weighted by Gasteiger charge is 2.43. The molecule has 1 amide bonds. The SMILES string of the molecule is Cn1nc(C(C)(C)C)cc1C1COCCC1CS(=O)(=O)C(C)(C)C(N)=O. The van der Waals surface area contributed by atoms with E-state index in [9.17, 15) is 13.2 Å². The first kappa shape index (κ1) is 20.9. The summed E-state index contributed by atoms with van der Waals surface area (Å²) in [5.41, 5.74) is 7.15. The van der Waals surface area contributed by atoms with Crippen LogP contribution in [-0.4, -0.2) is 47.8 Å². The number of amides is 1. The Labute approximate surface area is 156 Å². The summed E-state index contributed by atoms with van der Waals surface area (Å²) < 4.78 is 31.5. The van der Waals surface area contributed by atoms with Crippen molar-refractivity contribution < 1.29 is 17.9 Å². The molecule has 2 rings (SSSR count). The zero-order valence-corrected chi connectivity index (χ0v) is 17.4. The van der Waals surface area contributed by atoms with Crippen molar-refractivity contribution in [2.45, 2.75) is 57.1 Å². The number of rotatable bonds is 5. The maximum absolute atomic E-state index is 12.8. The molecule has 1 aliphatic rings. The van der Waals surface area contributed by atoms with Crippen molar-refractivity contribution in [1.82, 2.24) is 9.78 Å². The second-order valence-electron chi connectivity index (χ2n) is 8.71. The molecule has 26 heavy (non-hydrogen) atoms. The zero-order chi connectivity index (χ0) is 19.9. The fourth-order valence-electron chi connectivity index (χ4n) is 3.15. The molecule has 0 aliphatic carbocycles. The van der Waals surface area contributed by atoms with Crippen molar-refractivity contribution >= 4 is 15.7 Å². The number of carbonyl (C=O) groups is 1. The second-order valence-corrected chi connectivity index (χ2v) is 11.3. The number of ether oxygens (including phenoxy) is 1. The van der Waals surface area contributed by atoms with Crippen molar-refractivity contribution in [1.29, 1.82) is 0 Å². The van der Waals surface area contributed by atoms with E-state index in [1.807, 2.05) is 17.8 Å². The minimum absolute atomic E-state index is 0.0872. The van der Waals surface area contributed by atoms with E-state index in [0.29, 0.717) is 19.6 Å². The zero-order valence-electron chi connectivity index (χ0n) is 16.6. The van der Waals surface area contributed by atoms with Gasteiger partial charge in [0.1, 0.15) is 4.75 Å². The van der Waals surface area contributed by atoms with Crippen LogP contribution in [0.5, 0.6) is 0 Å². The quantitative estimate of drug-likeness (QED) is 0.827. The molecule has 1 aromatic heterocycles. The molecule has 2 atom stereocenters. The smallest absolute Gasteiger partial charge is 0.238 e. The van der Waals surface area contributed by atoms with Gasteiger partial charge in [0.15, 0.2) is 9.84 Å². The number of hydrogen-bond donors (Lipinski definition) is 1. The molecule has 1 saturated heterocycles. The van der Waals surface area contributed by atoms with Crippen LogP contribution in [-0.2, 0) is 31.8 Å². The molecule has 0 radical (unpaired) electrons. The van der Waals surface area contributed by atoms with E-state index in [-0.39, 0.29) is 23.0 Å². The van der Waals surface area contributed by atoms with Gasteiger partial charge in [0.05, 0.1) is 18.1 Å². The highest BCUT2D eigenvalue weighted by Crippen LogP contribution is 2.36. The van der Waals surface area contributed by atoms with Crippen LogP contribution >= 0.6 is 0 Å². The van der Waals surface area contributed by atoms with Crippen LogP contribution in [0.25, 0.3) is 0 Å². The molecule has 1 aliphatic heterocycles. The Balaban J connectivity index is 2.35. The molecule has 148 valence electrons. The van der Waals surface area contributed by atoms with Gasteiger partial charge in [-0.05, 0) is 32.3 Å². The number of carbonyl (C=O) groups excluding carboxylic acids is 1. The average Bonchev–Trinajstić information content (AvgIpc) is 2.89. The third-order valence-electron chi connectivity index (χ3n) is 5.37. The number of primary amides is 1. The molecular weight excluding hydrogens is 354 g/mol. The summed E-state index contributed by atoms with van der Waals surface area (Å²) in [5.74, 6) is -1.14. The van der Waals surface area contributed by atoms with Crippen molar-refractivity contribution in [2.75, 3.05) is 19.0 Å². The molecule has 0 aromatic carbocycles. The van der Waals surface area contributed by atoms with Crippen molar-refractivity contribution in [3.63, 3.8) is 0 Å². The van der Waals surface area contributed by atoms with E-state index in [0.717, 1.165) is 11.4 Å². The molecule has 0 bridgehead atoms. The van der Waals surface area contributed by atoms with Crippen LogP contribution in [0.15, 0.2) is 6.07 Å². The normalized spacial score (nSPS) is 22.4. The van der Waals surface area contributed by atoms with Crippen LogP contribution in [0.1, 0.15) is 58.3 Å². The van der Waals surface area contributed by atoms with Crippen molar-refractivity contribution in [2.24, 2.45) is 18.7 Å². The molecule has 1 fully saturated rings. The fraction of sp³-hybridized carbons (Fsp3) is 0.778. The lowest BCUT2D eigenvalue weighted by molar-refractivity contribution is -0.119. The highest BCUT2D eigenvalue weighted by atomic mass is 32.2. The van der Waals surface area contributed by atoms with Crippen LogP contribution in [0.3, 0.4) is 0 Å². The summed E-state index contributed by atoms with van der Waals surface area (Å²) in [4.78, 5) is 11.6. The largest absolute Gasteiger partial charge is 0.381 e. The summed E-state index contributed by atoms with van der Waals surface area (Å²) >= 11 is 0. The van der Waals surface area contributed by atoms with Crippen molar-refractivity contribution in [3.05, 3.63) is 17.5 Å². The van der Waals surface area contributed by atoms with Crippen LogP contribution in [0.4, 0.5) is 0 Å². The van der Waals surface area contributed by atoms with Gasteiger partial charge in [-0.3, -0.25) is 9.48 Å². The van der Waals surface area contributed by atoms with Gasteiger partial charge in [0, 0.05) is 30.7 Å². The van der Waals surface area contributed by atoms with E-state index >= 15 is 0 Å². The van der Waals surface area contributed by atoms with E-state index in [2.05, 4.69) is 25.9 Å². The topological polar surface area (TPSA) is 104 Å². The lowest BCUT2D eigenvalue weighted by Crippen LogP contribution is -2.48. The standard InChI is InChI=1S/C18H31N3O4S/c1-17(2,3)15-9-14(21(6)20-15)13-10-25-8-7-12(13)11-26(23,24)18(4,5)16(19)22/h9,12-13H,7-8,10-11H2,1-6H3,(H2,19,22). The third-order valence-corrected chi connectivity index (χ3v) is 7.99. The summed E-state index contributed by atoms with van der Waals surface area (Å²) in [5, 5.41) is 4.60. The lowest BCUT2D eigenvalue weighted by atomic mass is 9.85. The first-order valence-electron chi connectivity index (χ1n) is 8.91. The molecule has 1 aromatic rings. The molecule has 0 spiro atoms. The number of nitrogens with two attached hydrogens (primary N) is 1. The van der Waals surface area contributed by atoms with Crippen LogP contribution in [0, 0.1) is 5.92 Å². The first-order valence-corrected chi connectivity index (χ1v) is 10.6. The van der Waals surface area contributed by atoms with E-state index in [4.69, 9.17) is 10.5 Å². The van der Waals surface area contributed by atoms with Gasteiger partial charge < -0.3 is 10.5 Å². The van der Waals surface area contributed by atoms with Crippen LogP contribution in [0.2, 0.25) is 0 Å².